The van der Waals surface area contributed by atoms with Crippen LogP contribution in [0.2, 0.25) is 0 Å². The topological polar surface area (TPSA) is 95.1 Å². The second-order valence-corrected chi connectivity index (χ2v) is 8.43. The van der Waals surface area contributed by atoms with E-state index in [4.69, 9.17) is 4.74 Å². The van der Waals surface area contributed by atoms with Gasteiger partial charge in [-0.1, -0.05) is 0 Å². The maximum Gasteiger partial charge on any atom is 0.410 e. The van der Waals surface area contributed by atoms with Gasteiger partial charge in [0.05, 0.1) is 17.1 Å². The van der Waals surface area contributed by atoms with E-state index < -0.39 is 5.60 Å². The molecular formula is C17H27N5O4S. The normalized spacial score (nSPS) is 14.7. The van der Waals surface area contributed by atoms with Crippen LogP contribution >= 0.6 is 11.3 Å². The van der Waals surface area contributed by atoms with Crippen molar-refractivity contribution in [2.75, 3.05) is 33.2 Å². The van der Waals surface area contributed by atoms with Crippen molar-refractivity contribution in [1.82, 2.24) is 25.2 Å². The number of amides is 4. The number of thiazole rings is 1. The van der Waals surface area contributed by atoms with E-state index in [9.17, 15) is 14.4 Å². The lowest BCUT2D eigenvalue weighted by molar-refractivity contribution is -0.123. The molecule has 0 saturated carbocycles. The first-order chi connectivity index (χ1) is 12.5. The molecular weight excluding hydrogens is 370 g/mol. The van der Waals surface area contributed by atoms with Crippen molar-refractivity contribution < 1.29 is 19.1 Å². The van der Waals surface area contributed by atoms with E-state index in [1.807, 2.05) is 33.1 Å². The van der Waals surface area contributed by atoms with E-state index in [1.165, 1.54) is 23.4 Å². The Labute approximate surface area is 163 Å². The number of piperazine rings is 1. The molecule has 1 aliphatic heterocycles. The van der Waals surface area contributed by atoms with Crippen LogP contribution in [-0.4, -0.2) is 76.7 Å². The first-order valence-corrected chi connectivity index (χ1v) is 9.64. The second kappa shape index (κ2) is 8.55. The van der Waals surface area contributed by atoms with Crippen LogP contribution in [0.5, 0.6) is 0 Å². The number of hydrogen-bond donors (Lipinski definition) is 1. The molecule has 2 rings (SSSR count). The van der Waals surface area contributed by atoms with Gasteiger partial charge in [-0.25, -0.2) is 19.6 Å². The smallest absolute Gasteiger partial charge is 0.410 e. The molecule has 1 saturated heterocycles. The van der Waals surface area contributed by atoms with Crippen molar-refractivity contribution in [1.29, 1.82) is 0 Å². The molecule has 9 nitrogen and oxygen atoms in total. The predicted octanol–water partition coefficient (Wildman–Crippen LogP) is 1.63. The number of nitrogens with one attached hydrogen (secondary N) is 1. The number of carbonyl (C=O) groups is 3. The molecule has 1 aromatic rings. The molecule has 1 aliphatic rings. The van der Waals surface area contributed by atoms with E-state index in [-0.39, 0.29) is 24.5 Å². The van der Waals surface area contributed by atoms with Crippen LogP contribution in [0.1, 0.15) is 31.5 Å². The summed E-state index contributed by atoms with van der Waals surface area (Å²) in [5.41, 5.74) is 2.69. The number of rotatable bonds is 2. The van der Waals surface area contributed by atoms with Gasteiger partial charge in [-0.2, -0.15) is 0 Å². The highest BCUT2D eigenvalue weighted by Crippen LogP contribution is 2.12. The van der Waals surface area contributed by atoms with Gasteiger partial charge >= 0.3 is 12.1 Å². The zero-order chi connectivity index (χ0) is 20.2. The molecule has 2 heterocycles. The number of urea groups is 1. The lowest BCUT2D eigenvalue weighted by atomic mass is 10.2. The summed E-state index contributed by atoms with van der Waals surface area (Å²) in [4.78, 5) is 44.0. The van der Waals surface area contributed by atoms with Crippen molar-refractivity contribution in [3.63, 3.8) is 0 Å². The Bertz CT molecular complexity index is 692. The number of hydrazine groups is 1. The van der Waals surface area contributed by atoms with Gasteiger partial charge in [0.25, 0.3) is 0 Å². The summed E-state index contributed by atoms with van der Waals surface area (Å²) < 4.78 is 5.34. The second-order valence-electron chi connectivity index (χ2n) is 7.37. The fourth-order valence-corrected chi connectivity index (χ4v) is 3.16. The van der Waals surface area contributed by atoms with Gasteiger partial charge in [0.2, 0.25) is 5.91 Å². The Morgan fingerprint density at radius 1 is 1.22 bits per heavy atom. The molecule has 1 fully saturated rings. The van der Waals surface area contributed by atoms with Gasteiger partial charge < -0.3 is 14.5 Å². The number of aryl methyl sites for hydroxylation is 1. The average molecular weight is 398 g/mol. The number of nitrogens with zero attached hydrogens (tertiary/aromatic N) is 4. The minimum Gasteiger partial charge on any atom is -0.444 e. The highest BCUT2D eigenvalue weighted by Gasteiger charge is 2.29. The van der Waals surface area contributed by atoms with E-state index in [0.717, 1.165) is 5.01 Å². The van der Waals surface area contributed by atoms with Crippen molar-refractivity contribution in [2.45, 2.75) is 39.7 Å². The van der Waals surface area contributed by atoms with Crippen LogP contribution in [0.4, 0.5) is 9.59 Å². The molecule has 4 amide bonds. The van der Waals surface area contributed by atoms with Crippen molar-refractivity contribution in [2.24, 2.45) is 0 Å². The molecule has 0 bridgehead atoms. The molecule has 0 aliphatic carbocycles. The summed E-state index contributed by atoms with van der Waals surface area (Å²) in [6.07, 6.45) is -0.260. The zero-order valence-electron chi connectivity index (χ0n) is 16.4. The first kappa shape index (κ1) is 20.9. The summed E-state index contributed by atoms with van der Waals surface area (Å²) in [6, 6.07) is -0.318. The highest BCUT2D eigenvalue weighted by atomic mass is 32.1. The molecule has 0 aromatic carbocycles. The summed E-state index contributed by atoms with van der Waals surface area (Å²) in [5.74, 6) is -0.302. The van der Waals surface area contributed by atoms with E-state index in [0.29, 0.717) is 31.9 Å². The number of aromatic nitrogens is 1. The molecule has 0 atom stereocenters. The monoisotopic (exact) mass is 397 g/mol. The van der Waals surface area contributed by atoms with E-state index >= 15 is 0 Å². The molecule has 10 heteroatoms. The maximum absolute atomic E-state index is 12.5. The summed E-state index contributed by atoms with van der Waals surface area (Å²) in [5, 5.41) is 3.89. The van der Waals surface area contributed by atoms with Crippen LogP contribution in [0.15, 0.2) is 5.38 Å². The Hall–Kier alpha value is -2.36. The molecule has 1 aromatic heterocycles. The highest BCUT2D eigenvalue weighted by molar-refractivity contribution is 7.09. The van der Waals surface area contributed by atoms with Crippen LogP contribution in [0.3, 0.4) is 0 Å². The number of carbonyl (C=O) groups excluding carboxylic acids is 3. The number of ether oxygens (including phenoxy) is 1. The van der Waals surface area contributed by atoms with Crippen LogP contribution < -0.4 is 5.43 Å². The van der Waals surface area contributed by atoms with Gasteiger partial charge in [0, 0.05) is 38.6 Å². The first-order valence-electron chi connectivity index (χ1n) is 8.76. The van der Waals surface area contributed by atoms with Gasteiger partial charge in [0.1, 0.15) is 5.60 Å². The Balaban J connectivity index is 1.79. The fraction of sp³-hybridized carbons (Fsp3) is 0.647. The minimum atomic E-state index is -0.551. The molecule has 0 spiro atoms. The fourth-order valence-electron chi connectivity index (χ4n) is 2.55. The molecule has 1 N–H and O–H groups in total. The largest absolute Gasteiger partial charge is 0.444 e. The molecule has 150 valence electrons. The van der Waals surface area contributed by atoms with Gasteiger partial charge in [-0.05, 0) is 27.7 Å². The SMILES string of the molecule is Cc1nc(CC(=O)NN(C)C(=O)N2CCN(C(=O)OC(C)(C)C)CC2)cs1. The average Bonchev–Trinajstić information content (AvgIpc) is 2.97. The molecule has 0 radical (unpaired) electrons. The zero-order valence-corrected chi connectivity index (χ0v) is 17.3. The quantitative estimate of drug-likeness (QED) is 0.766. The van der Waals surface area contributed by atoms with Crippen LogP contribution in [0, 0.1) is 6.92 Å². The van der Waals surface area contributed by atoms with Gasteiger partial charge in [0.15, 0.2) is 0 Å². The standard InChI is InChI=1S/C17H27N5O4S/c1-12-18-13(11-27-12)10-14(23)19-20(5)15(24)21-6-8-22(9-7-21)16(25)26-17(2,3)4/h11H,6-10H2,1-5H3,(H,19,23). The number of hydrogen-bond acceptors (Lipinski definition) is 6. The van der Waals surface area contributed by atoms with Crippen LogP contribution in [-0.2, 0) is 16.0 Å². The Morgan fingerprint density at radius 3 is 2.33 bits per heavy atom. The summed E-state index contributed by atoms with van der Waals surface area (Å²) in [6.45, 7) is 8.85. The van der Waals surface area contributed by atoms with Crippen LogP contribution in [0.25, 0.3) is 0 Å². The minimum absolute atomic E-state index is 0.119. The maximum atomic E-state index is 12.5. The van der Waals surface area contributed by atoms with Gasteiger partial charge in [-0.15, -0.1) is 11.3 Å². The van der Waals surface area contributed by atoms with Crippen molar-refractivity contribution in [3.05, 3.63) is 16.1 Å². The third-order valence-corrected chi connectivity index (χ3v) is 4.61. The molecule has 0 unspecified atom stereocenters. The van der Waals surface area contributed by atoms with Crippen molar-refractivity contribution >= 4 is 29.4 Å². The third kappa shape index (κ3) is 6.38. The molecule has 27 heavy (non-hydrogen) atoms. The summed E-state index contributed by atoms with van der Waals surface area (Å²) >= 11 is 1.48. The Morgan fingerprint density at radius 2 is 1.81 bits per heavy atom. The third-order valence-electron chi connectivity index (χ3n) is 3.79. The summed E-state index contributed by atoms with van der Waals surface area (Å²) in [7, 11) is 1.51. The Kier molecular flexibility index (Phi) is 6.63. The predicted molar refractivity (Wildman–Crippen MR) is 101 cm³/mol. The van der Waals surface area contributed by atoms with Crippen molar-refractivity contribution in [3.8, 4) is 0 Å². The van der Waals surface area contributed by atoms with E-state index in [1.54, 1.807) is 9.80 Å². The lowest BCUT2D eigenvalue weighted by Crippen LogP contribution is -2.57. The van der Waals surface area contributed by atoms with E-state index in [2.05, 4.69) is 10.4 Å². The van der Waals surface area contributed by atoms with Gasteiger partial charge in [-0.3, -0.25) is 10.2 Å². The lowest BCUT2D eigenvalue weighted by Gasteiger charge is -2.37.